The lowest BCUT2D eigenvalue weighted by molar-refractivity contribution is 0.0888. The first-order chi connectivity index (χ1) is 8.27. The average Bonchev–Trinajstić information content (AvgIpc) is 2.76. The van der Waals surface area contributed by atoms with E-state index >= 15 is 0 Å². The molecule has 3 rings (SSSR count). The van der Waals surface area contributed by atoms with Crippen molar-refractivity contribution < 1.29 is 9.53 Å². The van der Waals surface area contributed by atoms with Gasteiger partial charge in [0.2, 0.25) is 0 Å². The highest BCUT2D eigenvalue weighted by atomic mass is 16.5. The quantitative estimate of drug-likeness (QED) is 0.747. The molecule has 0 saturated carbocycles. The van der Waals surface area contributed by atoms with E-state index in [0.29, 0.717) is 17.9 Å². The van der Waals surface area contributed by atoms with Crippen LogP contribution in [0, 0.1) is 0 Å². The Labute approximate surface area is 98.9 Å². The molecule has 2 aromatic rings. The first-order valence-corrected chi connectivity index (χ1v) is 5.50. The normalized spacial score (nSPS) is 18.6. The van der Waals surface area contributed by atoms with Crippen molar-refractivity contribution in [3.8, 4) is 5.75 Å². The standard InChI is InChI=1S/C13H12N2O2/c1-15-7-6-14-13(15)10-8-17-11-5-3-2-4-9(11)12(10)16/h2-7,10H,8H2,1H3. The van der Waals surface area contributed by atoms with E-state index < -0.39 is 0 Å². The van der Waals surface area contributed by atoms with E-state index in [0.717, 1.165) is 5.82 Å². The Morgan fingerprint density at radius 3 is 3.00 bits per heavy atom. The summed E-state index contributed by atoms with van der Waals surface area (Å²) in [5.74, 6) is 1.21. The van der Waals surface area contributed by atoms with Gasteiger partial charge in [0.25, 0.3) is 0 Å². The van der Waals surface area contributed by atoms with Crippen molar-refractivity contribution in [2.24, 2.45) is 7.05 Å². The minimum absolute atomic E-state index is 0.0844. The smallest absolute Gasteiger partial charge is 0.180 e. The van der Waals surface area contributed by atoms with Gasteiger partial charge in [-0.15, -0.1) is 0 Å². The van der Waals surface area contributed by atoms with Crippen LogP contribution >= 0.6 is 0 Å². The number of ether oxygens (including phenoxy) is 1. The number of carbonyl (C=O) groups excluding carboxylic acids is 1. The maximum atomic E-state index is 12.3. The van der Waals surface area contributed by atoms with E-state index in [9.17, 15) is 4.79 Å². The number of nitrogens with zero attached hydrogens (tertiary/aromatic N) is 2. The van der Waals surface area contributed by atoms with Gasteiger partial charge < -0.3 is 9.30 Å². The summed E-state index contributed by atoms with van der Waals surface area (Å²) in [7, 11) is 1.89. The molecule has 1 aliphatic heterocycles. The first-order valence-electron chi connectivity index (χ1n) is 5.50. The summed E-state index contributed by atoms with van der Waals surface area (Å²) in [4.78, 5) is 16.6. The molecule has 0 radical (unpaired) electrons. The number of benzene rings is 1. The minimum atomic E-state index is -0.301. The third-order valence-electron chi connectivity index (χ3n) is 3.04. The molecule has 86 valence electrons. The molecule has 0 saturated heterocycles. The third-order valence-corrected chi connectivity index (χ3v) is 3.04. The van der Waals surface area contributed by atoms with E-state index in [1.54, 1.807) is 12.3 Å². The second kappa shape index (κ2) is 3.73. The van der Waals surface area contributed by atoms with Gasteiger partial charge in [-0.25, -0.2) is 4.98 Å². The molecule has 17 heavy (non-hydrogen) atoms. The summed E-state index contributed by atoms with van der Waals surface area (Å²) in [6.07, 6.45) is 3.53. The van der Waals surface area contributed by atoms with Gasteiger partial charge in [-0.3, -0.25) is 4.79 Å². The van der Waals surface area contributed by atoms with Gasteiger partial charge in [-0.1, -0.05) is 12.1 Å². The lowest BCUT2D eigenvalue weighted by Crippen LogP contribution is -2.28. The van der Waals surface area contributed by atoms with Crippen LogP contribution in [-0.4, -0.2) is 21.9 Å². The fourth-order valence-corrected chi connectivity index (χ4v) is 2.14. The summed E-state index contributed by atoms with van der Waals surface area (Å²) in [6.45, 7) is 0.362. The van der Waals surface area contributed by atoms with Crippen molar-refractivity contribution in [2.75, 3.05) is 6.61 Å². The van der Waals surface area contributed by atoms with Crippen molar-refractivity contribution in [3.05, 3.63) is 48.0 Å². The lowest BCUT2D eigenvalue weighted by atomic mass is 9.94. The van der Waals surface area contributed by atoms with Crippen LogP contribution in [0.5, 0.6) is 5.75 Å². The summed E-state index contributed by atoms with van der Waals surface area (Å²) in [6, 6.07) is 7.34. The number of Topliss-reactive ketones (excluding diaryl/α,β-unsaturated/α-hetero) is 1. The number of rotatable bonds is 1. The Bertz CT molecular complexity index is 574. The topological polar surface area (TPSA) is 44.1 Å². The SMILES string of the molecule is Cn1ccnc1C1COc2ccccc2C1=O. The molecular weight excluding hydrogens is 216 g/mol. The number of hydrogen-bond acceptors (Lipinski definition) is 3. The van der Waals surface area contributed by atoms with Crippen LogP contribution in [0.25, 0.3) is 0 Å². The lowest BCUT2D eigenvalue weighted by Gasteiger charge is -2.23. The number of hydrogen-bond donors (Lipinski definition) is 0. The monoisotopic (exact) mass is 228 g/mol. The van der Waals surface area contributed by atoms with Crippen LogP contribution in [-0.2, 0) is 7.05 Å². The van der Waals surface area contributed by atoms with Crippen molar-refractivity contribution in [2.45, 2.75) is 5.92 Å². The van der Waals surface area contributed by atoms with Gasteiger partial charge in [0, 0.05) is 19.4 Å². The van der Waals surface area contributed by atoms with E-state index in [-0.39, 0.29) is 11.7 Å². The van der Waals surface area contributed by atoms with Crippen molar-refractivity contribution in [3.63, 3.8) is 0 Å². The molecule has 1 aromatic heterocycles. The Hall–Kier alpha value is -2.10. The molecule has 4 nitrogen and oxygen atoms in total. The zero-order valence-electron chi connectivity index (χ0n) is 9.46. The number of imidazole rings is 1. The van der Waals surface area contributed by atoms with Gasteiger partial charge in [0.1, 0.15) is 24.1 Å². The molecular formula is C13H12N2O2. The second-order valence-corrected chi connectivity index (χ2v) is 4.12. The average molecular weight is 228 g/mol. The van der Waals surface area contributed by atoms with E-state index in [1.165, 1.54) is 0 Å². The van der Waals surface area contributed by atoms with Crippen molar-refractivity contribution in [1.29, 1.82) is 0 Å². The molecule has 1 unspecified atom stereocenters. The number of aryl methyl sites for hydroxylation is 1. The number of fused-ring (bicyclic) bond motifs is 1. The predicted molar refractivity (Wildman–Crippen MR) is 62.2 cm³/mol. The van der Waals surface area contributed by atoms with Crippen LogP contribution < -0.4 is 4.74 Å². The molecule has 1 atom stereocenters. The summed E-state index contributed by atoms with van der Waals surface area (Å²) < 4.78 is 7.47. The first kappa shape index (κ1) is 10.1. The molecule has 4 heteroatoms. The highest BCUT2D eigenvalue weighted by Crippen LogP contribution is 2.31. The predicted octanol–water partition coefficient (Wildman–Crippen LogP) is 1.78. The minimum Gasteiger partial charge on any atom is -0.492 e. The van der Waals surface area contributed by atoms with Crippen molar-refractivity contribution in [1.82, 2.24) is 9.55 Å². The molecule has 0 amide bonds. The van der Waals surface area contributed by atoms with Gasteiger partial charge in [0.15, 0.2) is 5.78 Å². The van der Waals surface area contributed by atoms with Crippen LogP contribution in [0.2, 0.25) is 0 Å². The van der Waals surface area contributed by atoms with Crippen LogP contribution in [0.3, 0.4) is 0 Å². The Morgan fingerprint density at radius 2 is 2.24 bits per heavy atom. The third kappa shape index (κ3) is 1.53. The maximum Gasteiger partial charge on any atom is 0.180 e. The molecule has 1 aliphatic rings. The van der Waals surface area contributed by atoms with E-state index in [2.05, 4.69) is 4.98 Å². The number of para-hydroxylation sites is 1. The highest BCUT2D eigenvalue weighted by molar-refractivity contribution is 6.03. The summed E-state index contributed by atoms with van der Waals surface area (Å²) in [5, 5.41) is 0. The molecule has 0 aliphatic carbocycles. The number of ketones is 1. The molecule has 0 N–H and O–H groups in total. The zero-order chi connectivity index (χ0) is 11.8. The van der Waals surface area contributed by atoms with Gasteiger partial charge in [0.05, 0.1) is 5.56 Å². The maximum absolute atomic E-state index is 12.3. The second-order valence-electron chi connectivity index (χ2n) is 4.12. The molecule has 2 heterocycles. The highest BCUT2D eigenvalue weighted by Gasteiger charge is 2.32. The molecule has 0 bridgehead atoms. The fraction of sp³-hybridized carbons (Fsp3) is 0.231. The van der Waals surface area contributed by atoms with Crippen LogP contribution in [0.1, 0.15) is 22.1 Å². The number of carbonyl (C=O) groups is 1. The van der Waals surface area contributed by atoms with Gasteiger partial charge >= 0.3 is 0 Å². The Kier molecular flexibility index (Phi) is 2.21. The summed E-state index contributed by atoms with van der Waals surface area (Å²) in [5.41, 5.74) is 0.645. The van der Waals surface area contributed by atoms with Crippen LogP contribution in [0.4, 0.5) is 0 Å². The fourth-order valence-electron chi connectivity index (χ4n) is 2.14. The largest absolute Gasteiger partial charge is 0.492 e. The Morgan fingerprint density at radius 1 is 1.41 bits per heavy atom. The molecule has 1 aromatic carbocycles. The van der Waals surface area contributed by atoms with E-state index in [4.69, 9.17) is 4.74 Å². The number of aromatic nitrogens is 2. The van der Waals surface area contributed by atoms with Gasteiger partial charge in [-0.2, -0.15) is 0 Å². The Balaban J connectivity index is 2.03. The zero-order valence-corrected chi connectivity index (χ0v) is 9.46. The summed E-state index contributed by atoms with van der Waals surface area (Å²) >= 11 is 0. The van der Waals surface area contributed by atoms with Gasteiger partial charge in [-0.05, 0) is 12.1 Å². The van der Waals surface area contributed by atoms with Crippen molar-refractivity contribution >= 4 is 5.78 Å². The molecule has 0 spiro atoms. The van der Waals surface area contributed by atoms with E-state index in [1.807, 2.05) is 36.0 Å². The molecule has 0 fully saturated rings. The van der Waals surface area contributed by atoms with Crippen LogP contribution in [0.15, 0.2) is 36.7 Å².